The first-order valence-electron chi connectivity index (χ1n) is 24.7. The summed E-state index contributed by atoms with van der Waals surface area (Å²) >= 11 is 0. The third kappa shape index (κ3) is 20.4. The normalized spacial score (nSPS) is 16.5. The van der Waals surface area contributed by atoms with Gasteiger partial charge in [0.05, 0.1) is 6.54 Å². The smallest absolute Gasteiger partial charge is 0.245 e. The van der Waals surface area contributed by atoms with Crippen LogP contribution in [0.25, 0.3) is 0 Å². The number of hydrogen-bond acceptors (Lipinski definition) is 12. The van der Waals surface area contributed by atoms with Crippen molar-refractivity contribution in [1.29, 1.82) is 0 Å². The van der Waals surface area contributed by atoms with Gasteiger partial charge in [0, 0.05) is 39.4 Å². The Morgan fingerprint density at radius 1 is 0.694 bits per heavy atom. The number of primary amides is 1. The van der Waals surface area contributed by atoms with E-state index in [2.05, 4.69) is 47.5 Å². The van der Waals surface area contributed by atoms with E-state index in [0.717, 1.165) is 0 Å². The van der Waals surface area contributed by atoms with E-state index >= 15 is 0 Å². The average Bonchev–Trinajstić information content (AvgIpc) is 3.83. The molecule has 10 amide bonds. The molecule has 0 radical (unpaired) electrons. The van der Waals surface area contributed by atoms with Crippen LogP contribution >= 0.6 is 0 Å². The summed E-state index contributed by atoms with van der Waals surface area (Å²) in [5, 5.41) is 31.2. The molecule has 1 aliphatic heterocycles. The highest BCUT2D eigenvalue weighted by Gasteiger charge is 2.40. The maximum Gasteiger partial charge on any atom is 0.245 e. The van der Waals surface area contributed by atoms with Gasteiger partial charge in [-0.1, -0.05) is 66.5 Å². The van der Waals surface area contributed by atoms with Crippen molar-refractivity contribution in [1.82, 2.24) is 47.4 Å². The highest BCUT2D eigenvalue weighted by molar-refractivity contribution is 5.98. The molecule has 2 rings (SSSR count). The van der Waals surface area contributed by atoms with Gasteiger partial charge in [0.2, 0.25) is 59.1 Å². The van der Waals surface area contributed by atoms with Crippen molar-refractivity contribution in [3.63, 3.8) is 0 Å². The van der Waals surface area contributed by atoms with Gasteiger partial charge in [-0.2, -0.15) is 0 Å². The Labute approximate surface area is 421 Å². The summed E-state index contributed by atoms with van der Waals surface area (Å²) in [6.45, 7) is 13.7. The van der Waals surface area contributed by atoms with Crippen LogP contribution in [0.4, 0.5) is 0 Å². The van der Waals surface area contributed by atoms with E-state index in [-0.39, 0.29) is 69.4 Å². The van der Waals surface area contributed by atoms with Crippen LogP contribution in [0.2, 0.25) is 0 Å². The number of aliphatic imine (C=N–C) groups is 1. The first kappa shape index (κ1) is 61.1. The molecule has 1 saturated heterocycles. The first-order valence-corrected chi connectivity index (χ1v) is 24.7. The van der Waals surface area contributed by atoms with Gasteiger partial charge < -0.3 is 69.7 Å². The monoisotopic (exact) mass is 1010 g/mol. The fraction of sp³-hybridized carbons (Fsp3) is 0.646. The minimum Gasteiger partial charge on any atom is -0.508 e. The van der Waals surface area contributed by atoms with Crippen molar-refractivity contribution in [2.24, 2.45) is 39.9 Å². The number of amides is 10. The lowest BCUT2D eigenvalue weighted by atomic mass is 9.95. The zero-order chi connectivity index (χ0) is 54.2. The number of benzene rings is 1. The van der Waals surface area contributed by atoms with Crippen molar-refractivity contribution in [3.8, 4) is 5.75 Å². The molecule has 0 spiro atoms. The molecule has 402 valence electrons. The van der Waals surface area contributed by atoms with Crippen LogP contribution in [0.5, 0.6) is 5.75 Å². The van der Waals surface area contributed by atoms with Gasteiger partial charge in [0.1, 0.15) is 48.0 Å². The van der Waals surface area contributed by atoms with Crippen LogP contribution in [0.1, 0.15) is 112 Å². The van der Waals surface area contributed by atoms with E-state index in [4.69, 9.17) is 17.2 Å². The standard InChI is InChI=1S/C48H79N13O11/c1-9-27(6)39(45(70)56-33(14-12-22-53-48(50)51)47(72)61-23-13-15-35(61)43(68)52-11-3)59-41(66)32(20-21-36(49)64)55-42(67)34(24-30-16-18-31(63)19-17-30)57-46(71)40(28(7)10-2)60-44(69)38(26(4)5)58-37(65)25-54-29(8)62/h16-19,26-28,32-35,38-40,63H,9-15,20-25H2,1-8H3,(H2,49,64)(H,52,68)(H,54,62)(H,55,67)(H,56,70)(H,57,71)(H,58,65)(H,59,66)(H,60,69)(H4,50,51,53)/t27-,28+,32-,33-,34-,35-,38-,39-,40+/m0/s1. The first-order chi connectivity index (χ1) is 33.9. The minimum atomic E-state index is -1.51. The van der Waals surface area contributed by atoms with Crippen LogP contribution in [0, 0.1) is 17.8 Å². The lowest BCUT2D eigenvalue weighted by Gasteiger charge is -2.32. The highest BCUT2D eigenvalue weighted by Crippen LogP contribution is 2.21. The summed E-state index contributed by atoms with van der Waals surface area (Å²) in [4.78, 5) is 140. The van der Waals surface area contributed by atoms with E-state index in [9.17, 15) is 53.1 Å². The van der Waals surface area contributed by atoms with E-state index in [1.54, 1.807) is 48.5 Å². The molecule has 0 bridgehead atoms. The number of nitrogens with one attached hydrogen (secondary N) is 8. The Morgan fingerprint density at radius 3 is 1.76 bits per heavy atom. The molecule has 0 aliphatic carbocycles. The predicted molar refractivity (Wildman–Crippen MR) is 268 cm³/mol. The lowest BCUT2D eigenvalue weighted by Crippen LogP contribution is -2.62. The lowest BCUT2D eigenvalue weighted by molar-refractivity contribution is -0.142. The van der Waals surface area contributed by atoms with Gasteiger partial charge in [0.15, 0.2) is 5.96 Å². The molecule has 9 atom stereocenters. The number of carbonyl (C=O) groups is 10. The van der Waals surface area contributed by atoms with Crippen molar-refractivity contribution in [2.45, 2.75) is 155 Å². The topological polar surface area (TPSA) is 381 Å². The molecule has 1 aromatic carbocycles. The molecule has 24 nitrogen and oxygen atoms in total. The predicted octanol–water partition coefficient (Wildman–Crippen LogP) is -1.83. The molecule has 1 heterocycles. The highest BCUT2D eigenvalue weighted by atomic mass is 16.3. The average molecular weight is 1010 g/mol. The van der Waals surface area contributed by atoms with Gasteiger partial charge in [-0.3, -0.25) is 52.9 Å². The van der Waals surface area contributed by atoms with E-state index in [0.29, 0.717) is 37.8 Å². The summed E-state index contributed by atoms with van der Waals surface area (Å²) in [5.74, 6) is -8.51. The van der Waals surface area contributed by atoms with E-state index in [1.165, 1.54) is 36.1 Å². The number of hydrogen-bond donors (Lipinski definition) is 12. The number of likely N-dealkylation sites (N-methyl/N-ethyl adjacent to an activating group) is 1. The Morgan fingerprint density at radius 2 is 1.24 bits per heavy atom. The number of guanidine groups is 1. The summed E-state index contributed by atoms with van der Waals surface area (Å²) in [5.41, 5.74) is 17.0. The zero-order valence-corrected chi connectivity index (χ0v) is 42.9. The van der Waals surface area contributed by atoms with E-state index < -0.39 is 113 Å². The summed E-state index contributed by atoms with van der Waals surface area (Å²) < 4.78 is 0. The largest absolute Gasteiger partial charge is 0.508 e. The minimum absolute atomic E-state index is 0.0724. The number of aromatic hydroxyl groups is 1. The van der Waals surface area contributed by atoms with Gasteiger partial charge in [-0.15, -0.1) is 0 Å². The van der Waals surface area contributed by atoms with Crippen LogP contribution < -0.4 is 59.7 Å². The molecule has 15 N–H and O–H groups in total. The molecule has 24 heteroatoms. The quantitative estimate of drug-likeness (QED) is 0.0230. The van der Waals surface area contributed by atoms with Crippen LogP contribution in [0.3, 0.4) is 0 Å². The summed E-state index contributed by atoms with van der Waals surface area (Å²) in [6, 6.07) is -2.75. The molecule has 1 aromatic rings. The zero-order valence-electron chi connectivity index (χ0n) is 42.9. The molecule has 0 aromatic heterocycles. The Kier molecular flexibility index (Phi) is 26.0. The second kappa shape index (κ2) is 30.7. The number of nitrogens with zero attached hydrogens (tertiary/aromatic N) is 2. The van der Waals surface area contributed by atoms with Gasteiger partial charge in [-0.25, -0.2) is 0 Å². The van der Waals surface area contributed by atoms with E-state index in [1.807, 2.05) is 0 Å². The molecule has 72 heavy (non-hydrogen) atoms. The molecular formula is C48H79N13O11. The van der Waals surface area contributed by atoms with Gasteiger partial charge in [-0.05, 0) is 74.5 Å². The molecule has 0 unspecified atom stereocenters. The number of carbonyl (C=O) groups excluding carboxylic acids is 10. The van der Waals surface area contributed by atoms with Crippen molar-refractivity contribution < 1.29 is 53.1 Å². The Bertz CT molecular complexity index is 2070. The number of phenols is 1. The van der Waals surface area contributed by atoms with Gasteiger partial charge in [0.25, 0.3) is 0 Å². The Balaban J connectivity index is 2.51. The second-order valence-electron chi connectivity index (χ2n) is 18.5. The number of rotatable bonds is 30. The third-order valence-corrected chi connectivity index (χ3v) is 12.4. The fourth-order valence-electron chi connectivity index (χ4n) is 7.85. The number of phenolic OH excluding ortho intramolecular Hbond substituents is 1. The molecule has 1 aliphatic rings. The molecule has 1 fully saturated rings. The van der Waals surface area contributed by atoms with Crippen LogP contribution in [-0.2, 0) is 54.4 Å². The second-order valence-corrected chi connectivity index (χ2v) is 18.5. The molecule has 0 saturated carbocycles. The third-order valence-electron chi connectivity index (χ3n) is 12.4. The summed E-state index contributed by atoms with van der Waals surface area (Å²) in [6.07, 6.45) is 1.16. The van der Waals surface area contributed by atoms with Crippen molar-refractivity contribution in [3.05, 3.63) is 29.8 Å². The van der Waals surface area contributed by atoms with Crippen LogP contribution in [-0.4, -0.2) is 144 Å². The number of likely N-dealkylation sites (tertiary alicyclic amines) is 1. The maximum atomic E-state index is 14.4. The van der Waals surface area contributed by atoms with Crippen molar-refractivity contribution in [2.75, 3.05) is 26.2 Å². The molecular weight excluding hydrogens is 935 g/mol. The maximum absolute atomic E-state index is 14.4. The number of nitrogens with two attached hydrogens (primary N) is 3. The van der Waals surface area contributed by atoms with Crippen LogP contribution in [0.15, 0.2) is 29.3 Å². The SMILES string of the molecule is CCNC(=O)[C@@H]1CCCN1C(=O)[C@H](CCCN=C(N)N)NC(=O)[C@@H](NC(=O)[C@H](CCC(N)=O)NC(=O)[C@H](Cc1ccc(O)cc1)NC(=O)[C@H](NC(=O)[C@@H](NC(=O)CNC(C)=O)C(C)C)[C@H](C)CC)[C@@H](C)CC. The fourth-order valence-corrected chi connectivity index (χ4v) is 7.85. The van der Waals surface area contributed by atoms with Crippen molar-refractivity contribution >= 4 is 65.0 Å². The van der Waals surface area contributed by atoms with Gasteiger partial charge >= 0.3 is 0 Å². The Hall–Kier alpha value is -7.01. The summed E-state index contributed by atoms with van der Waals surface area (Å²) in [7, 11) is 0.